The first-order valence-corrected chi connectivity index (χ1v) is 9.09. The normalized spacial score (nSPS) is 21.1. The summed E-state index contributed by atoms with van der Waals surface area (Å²) in [6, 6.07) is 2.09. The van der Waals surface area contributed by atoms with Crippen molar-refractivity contribution in [2.45, 2.75) is 58.0 Å². The molecule has 0 saturated carbocycles. The maximum Gasteiger partial charge on any atom is 0.251 e. The summed E-state index contributed by atoms with van der Waals surface area (Å²) < 4.78 is 2.41. The number of imidazole rings is 1. The summed E-state index contributed by atoms with van der Waals surface area (Å²) in [6.07, 6.45) is 8.83. The molecule has 0 radical (unpaired) electrons. The van der Waals surface area contributed by atoms with Crippen LogP contribution in [0, 0.1) is 0 Å². The number of fused-ring (bicyclic) bond motifs is 1. The summed E-state index contributed by atoms with van der Waals surface area (Å²) >= 11 is 0. The van der Waals surface area contributed by atoms with E-state index in [1.807, 2.05) is 13.3 Å². The first-order valence-electron chi connectivity index (χ1n) is 9.09. The van der Waals surface area contributed by atoms with Crippen LogP contribution in [0.1, 0.15) is 55.1 Å². The van der Waals surface area contributed by atoms with Crippen LogP contribution in [0.5, 0.6) is 0 Å². The lowest BCUT2D eigenvalue weighted by molar-refractivity contribution is 0.306. The Morgan fingerprint density at radius 2 is 2.21 bits per heavy atom. The molecule has 0 aromatic carbocycles. The fourth-order valence-corrected chi connectivity index (χ4v) is 4.02. The van der Waals surface area contributed by atoms with E-state index in [9.17, 15) is 4.79 Å². The van der Waals surface area contributed by atoms with Crippen LogP contribution in [0.3, 0.4) is 0 Å². The molecule has 1 atom stereocenters. The first-order chi connectivity index (χ1) is 11.7. The van der Waals surface area contributed by atoms with E-state index >= 15 is 0 Å². The van der Waals surface area contributed by atoms with Crippen LogP contribution in [-0.2, 0) is 25.8 Å². The molecule has 1 aliphatic carbocycles. The highest BCUT2D eigenvalue weighted by molar-refractivity contribution is 5.17. The number of nitrogens with one attached hydrogen (secondary N) is 1. The lowest BCUT2D eigenvalue weighted by Crippen LogP contribution is -2.25. The van der Waals surface area contributed by atoms with Gasteiger partial charge in [-0.05, 0) is 38.5 Å². The number of aromatic nitrogens is 4. The van der Waals surface area contributed by atoms with Gasteiger partial charge < -0.3 is 9.55 Å². The average Bonchev–Trinajstić information content (AvgIpc) is 3.20. The Labute approximate surface area is 141 Å². The van der Waals surface area contributed by atoms with Crippen LogP contribution in [-0.4, -0.2) is 37.5 Å². The highest BCUT2D eigenvalue weighted by Crippen LogP contribution is 2.28. The van der Waals surface area contributed by atoms with Gasteiger partial charge in [0.05, 0.1) is 18.6 Å². The van der Waals surface area contributed by atoms with Crippen molar-refractivity contribution in [1.82, 2.24) is 24.4 Å². The molecule has 4 rings (SSSR count). The lowest BCUT2D eigenvalue weighted by Gasteiger charge is -2.20. The molecule has 128 valence electrons. The Hall–Kier alpha value is -1.95. The molecular formula is C18H25N5O. The zero-order chi connectivity index (χ0) is 16.5. The SMILES string of the molecule is CCc1cc(=O)[nH]c(CN2CC[C@H](n3cnc4c3CCCC4)C2)n1. The van der Waals surface area contributed by atoms with Gasteiger partial charge in [-0.2, -0.15) is 0 Å². The smallest absolute Gasteiger partial charge is 0.251 e. The Morgan fingerprint density at radius 3 is 3.08 bits per heavy atom. The third kappa shape index (κ3) is 3.02. The summed E-state index contributed by atoms with van der Waals surface area (Å²) in [7, 11) is 0. The van der Waals surface area contributed by atoms with Gasteiger partial charge in [-0.15, -0.1) is 0 Å². The van der Waals surface area contributed by atoms with E-state index in [0.29, 0.717) is 6.04 Å². The number of hydrogen-bond acceptors (Lipinski definition) is 4. The van der Waals surface area contributed by atoms with E-state index in [0.717, 1.165) is 50.4 Å². The number of aromatic amines is 1. The van der Waals surface area contributed by atoms with Crippen LogP contribution in [0.15, 0.2) is 17.2 Å². The number of rotatable bonds is 4. The van der Waals surface area contributed by atoms with E-state index in [-0.39, 0.29) is 5.56 Å². The second kappa shape index (κ2) is 6.51. The molecule has 3 heterocycles. The van der Waals surface area contributed by atoms with Crippen molar-refractivity contribution in [1.29, 1.82) is 0 Å². The molecule has 1 fully saturated rings. The van der Waals surface area contributed by atoms with Crippen LogP contribution >= 0.6 is 0 Å². The molecule has 6 heteroatoms. The minimum Gasteiger partial charge on any atom is -0.330 e. The van der Waals surface area contributed by atoms with Crippen molar-refractivity contribution in [3.63, 3.8) is 0 Å². The average molecular weight is 327 g/mol. The molecule has 0 bridgehead atoms. The van der Waals surface area contributed by atoms with Gasteiger partial charge in [0, 0.05) is 36.6 Å². The molecule has 1 saturated heterocycles. The van der Waals surface area contributed by atoms with Crippen molar-refractivity contribution in [2.75, 3.05) is 13.1 Å². The van der Waals surface area contributed by atoms with Gasteiger partial charge in [-0.1, -0.05) is 6.92 Å². The molecule has 2 aliphatic rings. The van der Waals surface area contributed by atoms with Crippen LogP contribution < -0.4 is 5.56 Å². The van der Waals surface area contributed by atoms with Crippen molar-refractivity contribution in [2.24, 2.45) is 0 Å². The van der Waals surface area contributed by atoms with Crippen molar-refractivity contribution in [3.8, 4) is 0 Å². The highest BCUT2D eigenvalue weighted by Gasteiger charge is 2.27. The van der Waals surface area contributed by atoms with Crippen LogP contribution in [0.2, 0.25) is 0 Å². The number of hydrogen-bond donors (Lipinski definition) is 1. The monoisotopic (exact) mass is 327 g/mol. The molecule has 1 N–H and O–H groups in total. The number of aryl methyl sites for hydroxylation is 2. The van der Waals surface area contributed by atoms with E-state index in [2.05, 4.69) is 24.4 Å². The lowest BCUT2D eigenvalue weighted by atomic mass is 10.0. The maximum atomic E-state index is 11.7. The summed E-state index contributed by atoms with van der Waals surface area (Å²) in [5.41, 5.74) is 3.58. The molecule has 0 amide bonds. The summed E-state index contributed by atoms with van der Waals surface area (Å²) in [4.78, 5) is 26.2. The third-order valence-corrected chi connectivity index (χ3v) is 5.28. The van der Waals surface area contributed by atoms with Crippen molar-refractivity contribution >= 4 is 0 Å². The van der Waals surface area contributed by atoms with E-state index in [1.165, 1.54) is 30.7 Å². The quantitative estimate of drug-likeness (QED) is 0.931. The molecule has 0 spiro atoms. The number of H-pyrrole nitrogens is 1. The maximum absolute atomic E-state index is 11.7. The molecular weight excluding hydrogens is 302 g/mol. The third-order valence-electron chi connectivity index (χ3n) is 5.28. The second-order valence-electron chi connectivity index (χ2n) is 6.97. The predicted molar refractivity (Wildman–Crippen MR) is 92.0 cm³/mol. The highest BCUT2D eigenvalue weighted by atomic mass is 16.1. The van der Waals surface area contributed by atoms with E-state index < -0.39 is 0 Å². The summed E-state index contributed by atoms with van der Waals surface area (Å²) in [6.45, 7) is 4.79. The summed E-state index contributed by atoms with van der Waals surface area (Å²) in [5, 5.41) is 0. The summed E-state index contributed by atoms with van der Waals surface area (Å²) in [5.74, 6) is 0.785. The van der Waals surface area contributed by atoms with Gasteiger partial charge in [0.15, 0.2) is 0 Å². The first kappa shape index (κ1) is 15.6. The standard InChI is InChI=1S/C18H25N5O/c1-2-13-9-18(24)21-17(20-13)11-22-8-7-14(10-22)23-12-19-15-5-3-4-6-16(15)23/h9,12,14H,2-8,10-11H2,1H3,(H,20,21,24)/t14-/m0/s1. The minimum atomic E-state index is -0.0451. The number of nitrogens with zero attached hydrogens (tertiary/aromatic N) is 4. The van der Waals surface area contributed by atoms with Crippen LogP contribution in [0.25, 0.3) is 0 Å². The molecule has 0 unspecified atom stereocenters. The van der Waals surface area contributed by atoms with Crippen molar-refractivity contribution < 1.29 is 0 Å². The zero-order valence-electron chi connectivity index (χ0n) is 14.3. The predicted octanol–water partition coefficient (Wildman–Crippen LogP) is 1.85. The molecule has 2 aromatic rings. The molecule has 6 nitrogen and oxygen atoms in total. The van der Waals surface area contributed by atoms with E-state index in [1.54, 1.807) is 6.07 Å². The van der Waals surface area contributed by atoms with Gasteiger partial charge in [0.1, 0.15) is 5.82 Å². The Bertz CT molecular complexity index is 778. The molecule has 24 heavy (non-hydrogen) atoms. The number of likely N-dealkylation sites (tertiary alicyclic amines) is 1. The fraction of sp³-hybridized carbons (Fsp3) is 0.611. The van der Waals surface area contributed by atoms with Gasteiger partial charge >= 0.3 is 0 Å². The Balaban J connectivity index is 1.46. The Morgan fingerprint density at radius 1 is 1.33 bits per heavy atom. The van der Waals surface area contributed by atoms with Gasteiger partial charge in [-0.3, -0.25) is 9.69 Å². The topological polar surface area (TPSA) is 66.8 Å². The zero-order valence-corrected chi connectivity index (χ0v) is 14.3. The largest absolute Gasteiger partial charge is 0.330 e. The van der Waals surface area contributed by atoms with E-state index in [4.69, 9.17) is 0 Å². The minimum absolute atomic E-state index is 0.0451. The van der Waals surface area contributed by atoms with Gasteiger partial charge in [0.2, 0.25) is 0 Å². The van der Waals surface area contributed by atoms with Gasteiger partial charge in [-0.25, -0.2) is 9.97 Å². The van der Waals surface area contributed by atoms with Gasteiger partial charge in [0.25, 0.3) is 5.56 Å². The molecule has 1 aliphatic heterocycles. The van der Waals surface area contributed by atoms with Crippen molar-refractivity contribution in [3.05, 3.63) is 45.7 Å². The Kier molecular flexibility index (Phi) is 4.22. The second-order valence-corrected chi connectivity index (χ2v) is 6.97. The fourth-order valence-electron chi connectivity index (χ4n) is 4.02. The van der Waals surface area contributed by atoms with Crippen LogP contribution in [0.4, 0.5) is 0 Å². The molecule has 2 aromatic heterocycles.